The fourth-order valence-electron chi connectivity index (χ4n) is 0.693. The molecule has 1 aromatic rings. The lowest BCUT2D eigenvalue weighted by atomic mass is 10.2. The Balaban J connectivity index is 0.000000354. The molecule has 0 aliphatic heterocycles. The summed E-state index contributed by atoms with van der Waals surface area (Å²) in [5, 5.41) is 15.5. The highest BCUT2D eigenvalue weighted by atomic mass is 16.3. The van der Waals surface area contributed by atoms with E-state index in [4.69, 9.17) is 15.0 Å². The summed E-state index contributed by atoms with van der Waals surface area (Å²) in [7, 11) is 0. The molecule has 0 aliphatic carbocycles. The summed E-state index contributed by atoms with van der Waals surface area (Å²) in [5.74, 6) is 0. The second-order valence-corrected chi connectivity index (χ2v) is 2.25. The topological polar surface area (TPSA) is 57.5 Å². The van der Waals surface area contributed by atoms with E-state index in [0.717, 1.165) is 5.56 Å². The highest BCUT2D eigenvalue weighted by Gasteiger charge is 1.85. The predicted molar refractivity (Wildman–Crippen MR) is 45.8 cm³/mol. The molecule has 0 saturated heterocycles. The summed E-state index contributed by atoms with van der Waals surface area (Å²) in [6.45, 7) is 1.92. The van der Waals surface area contributed by atoms with Crippen LogP contribution in [0, 0.1) is 6.92 Å². The summed E-state index contributed by atoms with van der Waals surface area (Å²) < 4.78 is 0. The van der Waals surface area contributed by atoms with E-state index in [-0.39, 0.29) is 13.1 Å². The first kappa shape index (κ1) is 10.7. The minimum absolute atomic E-state index is 0.139. The molecule has 1 aromatic carbocycles. The monoisotopic (exact) mass is 168 g/mol. The highest BCUT2D eigenvalue weighted by Crippen LogP contribution is 2.01. The molecule has 12 heavy (non-hydrogen) atoms. The Morgan fingerprint density at radius 3 is 2.08 bits per heavy atom. The first-order valence-corrected chi connectivity index (χ1v) is 3.49. The van der Waals surface area contributed by atoms with Crippen molar-refractivity contribution in [2.45, 2.75) is 13.5 Å². The van der Waals surface area contributed by atoms with Crippen LogP contribution in [0.2, 0.25) is 0 Å². The molecule has 0 unspecified atom stereocenters. The van der Waals surface area contributed by atoms with Gasteiger partial charge in [-0.15, -0.1) is 0 Å². The normalized spacial score (nSPS) is 8.17. The minimum atomic E-state index is -0.250. The molecule has 3 nitrogen and oxygen atoms in total. The van der Waals surface area contributed by atoms with Gasteiger partial charge in [0.1, 0.15) is 0 Å². The fraction of sp³-hybridized carbons (Fsp3) is 0.222. The number of aliphatic hydroxyl groups is 1. The molecule has 66 valence electrons. The van der Waals surface area contributed by atoms with E-state index in [1.54, 1.807) is 0 Å². The number of aryl methyl sites for hydroxylation is 1. The first-order valence-electron chi connectivity index (χ1n) is 3.49. The average Bonchev–Trinajstić information content (AvgIpc) is 2.07. The summed E-state index contributed by atoms with van der Waals surface area (Å²) in [6.07, 6.45) is 0. The third-order valence-electron chi connectivity index (χ3n) is 1.30. The van der Waals surface area contributed by atoms with Gasteiger partial charge in [-0.1, -0.05) is 29.8 Å². The maximum atomic E-state index is 8.63. The predicted octanol–water partition coefficient (Wildman–Crippen LogP) is 1.19. The lowest BCUT2D eigenvalue weighted by molar-refractivity contribution is -0.122. The molecular weight excluding hydrogens is 156 g/mol. The number of hydrogen-bond donors (Lipinski definition) is 2. The van der Waals surface area contributed by atoms with Crippen molar-refractivity contribution in [3.05, 3.63) is 35.4 Å². The van der Waals surface area contributed by atoms with Crippen molar-refractivity contribution < 1.29 is 15.0 Å². The number of aliphatic hydroxyl groups excluding tert-OH is 1. The van der Waals surface area contributed by atoms with Gasteiger partial charge in [-0.25, -0.2) is 0 Å². The SMILES string of the molecule is Cc1ccc(CO)cc1.O=CO. The van der Waals surface area contributed by atoms with Crippen LogP contribution in [0.3, 0.4) is 0 Å². The highest BCUT2D eigenvalue weighted by molar-refractivity contribution is 5.32. The second kappa shape index (κ2) is 6.37. The van der Waals surface area contributed by atoms with E-state index >= 15 is 0 Å². The van der Waals surface area contributed by atoms with Crippen molar-refractivity contribution in [3.8, 4) is 0 Å². The molecule has 0 bridgehead atoms. The number of benzene rings is 1. The van der Waals surface area contributed by atoms with Crippen LogP contribution in [0.1, 0.15) is 11.1 Å². The van der Waals surface area contributed by atoms with Crippen LogP contribution in [0.4, 0.5) is 0 Å². The van der Waals surface area contributed by atoms with E-state index in [1.807, 2.05) is 31.2 Å². The van der Waals surface area contributed by atoms with Crippen molar-refractivity contribution >= 4 is 6.47 Å². The van der Waals surface area contributed by atoms with Crippen molar-refractivity contribution in [2.75, 3.05) is 0 Å². The Kier molecular flexibility index (Phi) is 5.65. The zero-order valence-electron chi connectivity index (χ0n) is 6.90. The van der Waals surface area contributed by atoms with E-state index < -0.39 is 0 Å². The molecule has 0 saturated carbocycles. The Labute approximate surface area is 71.3 Å². The Hall–Kier alpha value is -1.35. The van der Waals surface area contributed by atoms with Gasteiger partial charge in [0, 0.05) is 0 Å². The minimum Gasteiger partial charge on any atom is -0.483 e. The molecule has 0 fully saturated rings. The molecular formula is C9H12O3. The smallest absolute Gasteiger partial charge is 0.290 e. The van der Waals surface area contributed by atoms with Gasteiger partial charge in [-0.05, 0) is 12.5 Å². The second-order valence-electron chi connectivity index (χ2n) is 2.25. The first-order chi connectivity index (χ1) is 5.74. The third kappa shape index (κ3) is 4.46. The Morgan fingerprint density at radius 1 is 1.33 bits per heavy atom. The number of carboxylic acid groups (broad SMARTS) is 1. The van der Waals surface area contributed by atoms with Crippen molar-refractivity contribution in [1.82, 2.24) is 0 Å². The van der Waals surface area contributed by atoms with Gasteiger partial charge < -0.3 is 10.2 Å². The van der Waals surface area contributed by atoms with Crippen LogP contribution in [0.15, 0.2) is 24.3 Å². The summed E-state index contributed by atoms with van der Waals surface area (Å²) in [6, 6.07) is 7.84. The molecule has 0 radical (unpaired) electrons. The van der Waals surface area contributed by atoms with E-state index in [1.165, 1.54) is 5.56 Å². The summed E-state index contributed by atoms with van der Waals surface area (Å²) >= 11 is 0. The van der Waals surface area contributed by atoms with Gasteiger partial charge in [0.25, 0.3) is 6.47 Å². The molecule has 0 heterocycles. The quantitative estimate of drug-likeness (QED) is 0.619. The van der Waals surface area contributed by atoms with Crippen molar-refractivity contribution in [1.29, 1.82) is 0 Å². The largest absolute Gasteiger partial charge is 0.483 e. The lowest BCUT2D eigenvalue weighted by Crippen LogP contribution is -1.80. The van der Waals surface area contributed by atoms with Gasteiger partial charge in [-0.3, -0.25) is 4.79 Å². The van der Waals surface area contributed by atoms with Crippen LogP contribution >= 0.6 is 0 Å². The van der Waals surface area contributed by atoms with Gasteiger partial charge >= 0.3 is 0 Å². The molecule has 3 heteroatoms. The maximum absolute atomic E-state index is 8.63. The number of hydrogen-bond acceptors (Lipinski definition) is 2. The average molecular weight is 168 g/mol. The van der Waals surface area contributed by atoms with Crippen molar-refractivity contribution in [3.63, 3.8) is 0 Å². The zero-order valence-corrected chi connectivity index (χ0v) is 6.90. The summed E-state index contributed by atoms with van der Waals surface area (Å²) in [4.78, 5) is 8.36. The maximum Gasteiger partial charge on any atom is 0.290 e. The molecule has 1 rings (SSSR count). The van der Waals surface area contributed by atoms with Crippen LogP contribution in [-0.2, 0) is 11.4 Å². The fourth-order valence-corrected chi connectivity index (χ4v) is 0.693. The molecule has 0 aliphatic rings. The standard InChI is InChI=1S/C8H10O.CH2O2/c1-7-2-4-8(6-9)5-3-7;2-1-3/h2-5,9H,6H2,1H3;1H,(H,2,3). The van der Waals surface area contributed by atoms with Crippen LogP contribution < -0.4 is 0 Å². The van der Waals surface area contributed by atoms with Crippen LogP contribution in [-0.4, -0.2) is 16.7 Å². The molecule has 2 N–H and O–H groups in total. The van der Waals surface area contributed by atoms with E-state index in [9.17, 15) is 0 Å². The van der Waals surface area contributed by atoms with Crippen molar-refractivity contribution in [2.24, 2.45) is 0 Å². The van der Waals surface area contributed by atoms with E-state index in [2.05, 4.69) is 0 Å². The molecule has 0 atom stereocenters. The Morgan fingerprint density at radius 2 is 1.75 bits per heavy atom. The number of rotatable bonds is 1. The van der Waals surface area contributed by atoms with Gasteiger partial charge in [0.15, 0.2) is 0 Å². The third-order valence-corrected chi connectivity index (χ3v) is 1.30. The Bertz CT molecular complexity index is 216. The van der Waals surface area contributed by atoms with Crippen LogP contribution in [0.25, 0.3) is 0 Å². The number of carbonyl (C=O) groups is 1. The van der Waals surface area contributed by atoms with Crippen LogP contribution in [0.5, 0.6) is 0 Å². The molecule has 0 amide bonds. The zero-order chi connectivity index (χ0) is 9.40. The lowest BCUT2D eigenvalue weighted by Gasteiger charge is -1.93. The van der Waals surface area contributed by atoms with Gasteiger partial charge in [0.05, 0.1) is 6.61 Å². The summed E-state index contributed by atoms with van der Waals surface area (Å²) in [5.41, 5.74) is 2.20. The molecule has 0 aromatic heterocycles. The van der Waals surface area contributed by atoms with Gasteiger partial charge in [-0.2, -0.15) is 0 Å². The van der Waals surface area contributed by atoms with Gasteiger partial charge in [0.2, 0.25) is 0 Å². The van der Waals surface area contributed by atoms with E-state index in [0.29, 0.717) is 0 Å². The molecule has 0 spiro atoms.